The van der Waals surface area contributed by atoms with Crippen LogP contribution in [0.4, 0.5) is 0 Å². The lowest BCUT2D eigenvalue weighted by molar-refractivity contribution is 0.0474. The summed E-state index contributed by atoms with van der Waals surface area (Å²) < 4.78 is 23.1. The zero-order valence-electron chi connectivity index (χ0n) is 18.1. The van der Waals surface area contributed by atoms with E-state index >= 15 is 0 Å². The Morgan fingerprint density at radius 2 is 1.59 bits per heavy atom. The highest BCUT2D eigenvalue weighted by Crippen LogP contribution is 2.30. The van der Waals surface area contributed by atoms with Crippen molar-refractivity contribution < 1.29 is 28.5 Å². The number of carbonyl (C=O) groups is 2. The van der Waals surface area contributed by atoms with Crippen LogP contribution in [0.1, 0.15) is 50.6 Å². The summed E-state index contributed by atoms with van der Waals surface area (Å²) in [5.41, 5.74) is 3.36. The summed E-state index contributed by atoms with van der Waals surface area (Å²) in [5, 5.41) is 0. The Hall–Kier alpha value is -2.80. The first-order chi connectivity index (χ1) is 13.7. The Labute approximate surface area is 171 Å². The molecule has 0 spiro atoms. The quantitative estimate of drug-likeness (QED) is 0.470. The zero-order valence-corrected chi connectivity index (χ0v) is 18.1. The molecule has 29 heavy (non-hydrogen) atoms. The predicted molar refractivity (Wildman–Crippen MR) is 109 cm³/mol. The molecule has 1 unspecified atom stereocenters. The molecule has 7 nitrogen and oxygen atoms in total. The predicted octanol–water partition coefficient (Wildman–Crippen LogP) is 3.68. The molecule has 0 N–H and O–H groups in total. The van der Waals surface area contributed by atoms with E-state index in [2.05, 4.69) is 0 Å². The average molecular weight is 403 g/mol. The van der Waals surface area contributed by atoms with Gasteiger partial charge in [-0.15, -0.1) is 0 Å². The van der Waals surface area contributed by atoms with Crippen molar-refractivity contribution in [1.82, 2.24) is 4.57 Å². The Kier molecular flexibility index (Phi) is 7.45. The third-order valence-electron chi connectivity index (χ3n) is 4.96. The second kappa shape index (κ2) is 9.60. The van der Waals surface area contributed by atoms with Gasteiger partial charge in [0.1, 0.15) is 11.5 Å². The summed E-state index contributed by atoms with van der Waals surface area (Å²) in [6.45, 7) is 7.86. The highest BCUT2D eigenvalue weighted by atomic mass is 16.5. The van der Waals surface area contributed by atoms with Crippen molar-refractivity contribution in [2.75, 3.05) is 34.5 Å². The first-order valence-corrected chi connectivity index (χ1v) is 9.35. The van der Waals surface area contributed by atoms with Gasteiger partial charge in [-0.25, -0.2) is 4.79 Å². The number of nitrogens with zero attached hydrogens (tertiary/aromatic N) is 1. The van der Waals surface area contributed by atoms with Crippen LogP contribution < -0.4 is 9.47 Å². The lowest BCUT2D eigenvalue weighted by atomic mass is 10.1. The van der Waals surface area contributed by atoms with Crippen LogP contribution in [0.15, 0.2) is 18.2 Å². The first kappa shape index (κ1) is 22.5. The van der Waals surface area contributed by atoms with Gasteiger partial charge in [0.15, 0.2) is 6.61 Å². The lowest BCUT2D eigenvalue weighted by Crippen LogP contribution is -2.17. The van der Waals surface area contributed by atoms with Crippen LogP contribution in [0.2, 0.25) is 0 Å². The van der Waals surface area contributed by atoms with Crippen molar-refractivity contribution in [3.05, 3.63) is 46.3 Å². The molecule has 1 aromatic heterocycles. The minimum atomic E-state index is -0.614. The lowest BCUT2D eigenvalue weighted by Gasteiger charge is -2.17. The molecule has 2 rings (SSSR count). The van der Waals surface area contributed by atoms with E-state index < -0.39 is 5.97 Å². The van der Waals surface area contributed by atoms with Crippen molar-refractivity contribution in [3.8, 4) is 11.5 Å². The maximum absolute atomic E-state index is 12.7. The summed E-state index contributed by atoms with van der Waals surface area (Å²) in [4.78, 5) is 25.1. The number of aryl methyl sites for hydroxylation is 1. The van der Waals surface area contributed by atoms with Crippen LogP contribution in [-0.4, -0.2) is 50.9 Å². The zero-order chi connectivity index (χ0) is 21.7. The standard InChI is InChI=1S/C22H29NO6/c1-13-8-18(16(4)23(13)14(2)11-26-5)19(24)12-29-22(25)17-9-20(27-6)15(3)21(10-17)28-7/h8-10,14H,11-12H2,1-7H3. The molecule has 0 amide bonds. The molecular weight excluding hydrogens is 374 g/mol. The van der Waals surface area contributed by atoms with E-state index in [0.717, 1.165) is 17.0 Å². The number of esters is 1. The van der Waals surface area contributed by atoms with Crippen LogP contribution in [-0.2, 0) is 9.47 Å². The molecule has 1 heterocycles. The van der Waals surface area contributed by atoms with Gasteiger partial charge < -0.3 is 23.5 Å². The minimum Gasteiger partial charge on any atom is -0.496 e. The van der Waals surface area contributed by atoms with E-state index in [9.17, 15) is 9.59 Å². The summed E-state index contributed by atoms with van der Waals surface area (Å²) in [6, 6.07) is 5.05. The normalized spacial score (nSPS) is 11.8. The molecule has 7 heteroatoms. The van der Waals surface area contributed by atoms with E-state index in [4.69, 9.17) is 18.9 Å². The topological polar surface area (TPSA) is 76.0 Å². The minimum absolute atomic E-state index is 0.0941. The molecule has 158 valence electrons. The van der Waals surface area contributed by atoms with Crippen molar-refractivity contribution in [2.24, 2.45) is 0 Å². The van der Waals surface area contributed by atoms with Gasteiger partial charge in [0.05, 0.1) is 32.4 Å². The second-order valence-corrected chi connectivity index (χ2v) is 6.96. The maximum Gasteiger partial charge on any atom is 0.338 e. The number of methoxy groups -OCH3 is 3. The molecule has 2 aromatic rings. The van der Waals surface area contributed by atoms with Crippen molar-refractivity contribution in [2.45, 2.75) is 33.7 Å². The fourth-order valence-corrected chi connectivity index (χ4v) is 3.55. The number of rotatable bonds is 9. The van der Waals surface area contributed by atoms with E-state index in [0.29, 0.717) is 23.7 Å². The monoisotopic (exact) mass is 403 g/mol. The molecule has 0 aliphatic carbocycles. The Morgan fingerprint density at radius 1 is 1.00 bits per heavy atom. The number of aromatic nitrogens is 1. The molecule has 1 atom stereocenters. The van der Waals surface area contributed by atoms with E-state index in [1.54, 1.807) is 19.2 Å². The van der Waals surface area contributed by atoms with Gasteiger partial charge in [0, 0.05) is 29.6 Å². The molecule has 0 saturated heterocycles. The molecule has 0 bridgehead atoms. The van der Waals surface area contributed by atoms with Gasteiger partial charge in [-0.05, 0) is 45.9 Å². The van der Waals surface area contributed by atoms with Crippen molar-refractivity contribution in [3.63, 3.8) is 0 Å². The van der Waals surface area contributed by atoms with Gasteiger partial charge in [0.25, 0.3) is 0 Å². The van der Waals surface area contributed by atoms with E-state index in [-0.39, 0.29) is 24.0 Å². The molecule has 0 aliphatic heterocycles. The van der Waals surface area contributed by atoms with Crippen LogP contribution >= 0.6 is 0 Å². The van der Waals surface area contributed by atoms with Crippen molar-refractivity contribution in [1.29, 1.82) is 0 Å². The summed E-state index contributed by atoms with van der Waals surface area (Å²) in [7, 11) is 4.67. The number of Topliss-reactive ketones (excluding diaryl/α,β-unsaturated/α-hetero) is 1. The third kappa shape index (κ3) is 4.79. The van der Waals surface area contributed by atoms with Crippen LogP contribution in [0.3, 0.4) is 0 Å². The van der Waals surface area contributed by atoms with Crippen LogP contribution in [0.25, 0.3) is 0 Å². The summed E-state index contributed by atoms with van der Waals surface area (Å²) >= 11 is 0. The van der Waals surface area contributed by atoms with Crippen molar-refractivity contribution >= 4 is 11.8 Å². The highest BCUT2D eigenvalue weighted by molar-refractivity contribution is 6.00. The number of hydrogen-bond acceptors (Lipinski definition) is 6. The summed E-state index contributed by atoms with van der Waals surface area (Å²) in [6.07, 6.45) is 0. The Balaban J connectivity index is 2.16. The van der Waals surface area contributed by atoms with Gasteiger partial charge in [0.2, 0.25) is 5.78 Å². The highest BCUT2D eigenvalue weighted by Gasteiger charge is 2.21. The Bertz CT molecular complexity index is 874. The van der Waals surface area contributed by atoms with Crippen LogP contribution in [0.5, 0.6) is 11.5 Å². The molecule has 0 radical (unpaired) electrons. The first-order valence-electron chi connectivity index (χ1n) is 9.35. The number of ketones is 1. The molecule has 0 fully saturated rings. The van der Waals surface area contributed by atoms with E-state index in [1.165, 1.54) is 14.2 Å². The largest absolute Gasteiger partial charge is 0.496 e. The SMILES string of the molecule is COCC(C)n1c(C)cc(C(=O)COC(=O)c2cc(OC)c(C)c(OC)c2)c1C. The Morgan fingerprint density at radius 3 is 2.10 bits per heavy atom. The maximum atomic E-state index is 12.7. The average Bonchev–Trinajstić information content (AvgIpc) is 3.00. The van der Waals surface area contributed by atoms with Gasteiger partial charge in [-0.2, -0.15) is 0 Å². The molecule has 1 aromatic carbocycles. The molecule has 0 saturated carbocycles. The van der Waals surface area contributed by atoms with E-state index in [1.807, 2.05) is 38.3 Å². The number of ether oxygens (including phenoxy) is 4. The smallest absolute Gasteiger partial charge is 0.338 e. The van der Waals surface area contributed by atoms with Crippen LogP contribution in [0, 0.1) is 20.8 Å². The second-order valence-electron chi connectivity index (χ2n) is 6.96. The van der Waals surface area contributed by atoms with Gasteiger partial charge >= 0.3 is 5.97 Å². The number of hydrogen-bond donors (Lipinski definition) is 0. The molecule has 0 aliphatic rings. The fraction of sp³-hybridized carbons (Fsp3) is 0.455. The van der Waals surface area contributed by atoms with Gasteiger partial charge in [-0.3, -0.25) is 4.79 Å². The van der Waals surface area contributed by atoms with Gasteiger partial charge in [-0.1, -0.05) is 0 Å². The number of benzene rings is 1. The molecular formula is C22H29NO6. The number of carbonyl (C=O) groups excluding carboxylic acids is 2. The summed E-state index contributed by atoms with van der Waals surface area (Å²) in [5.74, 6) is 0.154. The fourth-order valence-electron chi connectivity index (χ4n) is 3.55. The third-order valence-corrected chi connectivity index (χ3v) is 4.96.